The number of carbonyl (C=O) groups excluding carboxylic acids is 1. The maximum Gasteiger partial charge on any atom is 0.224 e. The Labute approximate surface area is 124 Å². The molecule has 0 unspecified atom stereocenters. The second-order valence-electron chi connectivity index (χ2n) is 4.54. The second-order valence-corrected chi connectivity index (χ2v) is 4.54. The maximum atomic E-state index is 11.8. The van der Waals surface area contributed by atoms with Crippen molar-refractivity contribution in [3.8, 4) is 11.5 Å². The Morgan fingerprint density at radius 2 is 1.81 bits per heavy atom. The highest BCUT2D eigenvalue weighted by molar-refractivity contribution is 5.78. The number of ether oxygens (including phenoxy) is 2. The van der Waals surface area contributed by atoms with E-state index in [-0.39, 0.29) is 5.91 Å². The van der Waals surface area contributed by atoms with Crippen molar-refractivity contribution in [3.05, 3.63) is 60.2 Å². The van der Waals surface area contributed by atoms with E-state index in [4.69, 9.17) is 9.47 Å². The number of hydrogen-bond donors (Lipinski definition) is 1. The largest absolute Gasteiger partial charge is 0.497 e. The van der Waals surface area contributed by atoms with E-state index in [0.717, 1.165) is 17.1 Å². The Kier molecular flexibility index (Phi) is 5.64. The molecule has 0 aliphatic carbocycles. The molecule has 2 rings (SSSR count). The summed E-state index contributed by atoms with van der Waals surface area (Å²) in [7, 11) is 1.61. The molecule has 0 aromatic heterocycles. The monoisotopic (exact) mass is 285 g/mol. The fraction of sp³-hybridized carbons (Fsp3) is 0.235. The van der Waals surface area contributed by atoms with Crippen LogP contribution in [0.15, 0.2) is 54.6 Å². The standard InChI is InChI=1S/C17H19NO3/c1-20-16-9-5-6-14(12-16)13-17(19)18-10-11-21-15-7-3-2-4-8-15/h2-9,12H,10-11,13H2,1H3,(H,18,19). The first-order chi connectivity index (χ1) is 10.3. The molecule has 0 atom stereocenters. The average Bonchev–Trinajstić information content (AvgIpc) is 2.53. The van der Waals surface area contributed by atoms with E-state index in [1.54, 1.807) is 7.11 Å². The minimum Gasteiger partial charge on any atom is -0.497 e. The topological polar surface area (TPSA) is 47.6 Å². The Hall–Kier alpha value is -2.49. The van der Waals surface area contributed by atoms with Gasteiger partial charge in [0, 0.05) is 0 Å². The normalized spacial score (nSPS) is 9.95. The Morgan fingerprint density at radius 3 is 2.57 bits per heavy atom. The van der Waals surface area contributed by atoms with E-state index in [0.29, 0.717) is 19.6 Å². The molecule has 1 amide bonds. The van der Waals surface area contributed by atoms with Crippen LogP contribution < -0.4 is 14.8 Å². The molecule has 21 heavy (non-hydrogen) atoms. The van der Waals surface area contributed by atoms with Gasteiger partial charge in [0.15, 0.2) is 0 Å². The molecule has 110 valence electrons. The van der Waals surface area contributed by atoms with Gasteiger partial charge >= 0.3 is 0 Å². The summed E-state index contributed by atoms with van der Waals surface area (Å²) in [5.41, 5.74) is 0.927. The summed E-state index contributed by atoms with van der Waals surface area (Å²) in [6.45, 7) is 0.936. The first-order valence-electron chi connectivity index (χ1n) is 6.85. The number of rotatable bonds is 7. The number of para-hydroxylation sites is 1. The SMILES string of the molecule is COc1cccc(CC(=O)NCCOc2ccccc2)c1. The van der Waals surface area contributed by atoms with Crippen molar-refractivity contribution in [1.82, 2.24) is 5.32 Å². The number of nitrogens with one attached hydrogen (secondary N) is 1. The predicted octanol–water partition coefficient (Wildman–Crippen LogP) is 2.43. The lowest BCUT2D eigenvalue weighted by molar-refractivity contribution is -0.120. The van der Waals surface area contributed by atoms with Crippen LogP contribution in [-0.4, -0.2) is 26.2 Å². The van der Waals surface area contributed by atoms with Gasteiger partial charge in [0.05, 0.1) is 20.1 Å². The summed E-state index contributed by atoms with van der Waals surface area (Å²) >= 11 is 0. The molecule has 0 saturated heterocycles. The van der Waals surface area contributed by atoms with Crippen molar-refractivity contribution in [2.75, 3.05) is 20.3 Å². The fourth-order valence-corrected chi connectivity index (χ4v) is 1.91. The van der Waals surface area contributed by atoms with Gasteiger partial charge in [-0.25, -0.2) is 0 Å². The zero-order valence-electron chi connectivity index (χ0n) is 12.0. The minimum absolute atomic E-state index is 0.0279. The smallest absolute Gasteiger partial charge is 0.224 e. The number of hydrogen-bond acceptors (Lipinski definition) is 3. The summed E-state index contributed by atoms with van der Waals surface area (Å²) in [5, 5.41) is 2.83. The van der Waals surface area contributed by atoms with E-state index in [1.165, 1.54) is 0 Å². The maximum absolute atomic E-state index is 11.8. The fourth-order valence-electron chi connectivity index (χ4n) is 1.91. The summed E-state index contributed by atoms with van der Waals surface area (Å²) < 4.78 is 10.6. The molecule has 4 heteroatoms. The molecule has 0 fully saturated rings. The van der Waals surface area contributed by atoms with Gasteiger partial charge in [0.1, 0.15) is 18.1 Å². The van der Waals surface area contributed by atoms with Crippen molar-refractivity contribution < 1.29 is 14.3 Å². The molecule has 4 nitrogen and oxygen atoms in total. The van der Waals surface area contributed by atoms with E-state index >= 15 is 0 Å². The van der Waals surface area contributed by atoms with Crippen LogP contribution in [0.25, 0.3) is 0 Å². The number of benzene rings is 2. The van der Waals surface area contributed by atoms with Crippen LogP contribution in [0.4, 0.5) is 0 Å². The third kappa shape index (κ3) is 5.18. The van der Waals surface area contributed by atoms with Crippen molar-refractivity contribution in [1.29, 1.82) is 0 Å². The van der Waals surface area contributed by atoms with Crippen molar-refractivity contribution in [3.63, 3.8) is 0 Å². The Bertz CT molecular complexity index is 569. The van der Waals surface area contributed by atoms with Gasteiger partial charge in [-0.3, -0.25) is 4.79 Å². The molecule has 0 radical (unpaired) electrons. The predicted molar refractivity (Wildman–Crippen MR) is 81.6 cm³/mol. The lowest BCUT2D eigenvalue weighted by Crippen LogP contribution is -2.29. The quantitative estimate of drug-likeness (QED) is 0.795. The first kappa shape index (κ1) is 14.9. The summed E-state index contributed by atoms with van der Waals surface area (Å²) in [6, 6.07) is 17.0. The highest BCUT2D eigenvalue weighted by atomic mass is 16.5. The van der Waals surface area contributed by atoms with E-state index in [2.05, 4.69) is 5.32 Å². The van der Waals surface area contributed by atoms with Gasteiger partial charge in [0.2, 0.25) is 5.91 Å². The summed E-state index contributed by atoms with van der Waals surface area (Å²) in [5.74, 6) is 1.53. The molecule has 0 saturated carbocycles. The number of carbonyl (C=O) groups is 1. The molecule has 2 aromatic rings. The molecule has 0 aliphatic rings. The molecule has 0 spiro atoms. The highest BCUT2D eigenvalue weighted by Gasteiger charge is 2.04. The lowest BCUT2D eigenvalue weighted by atomic mass is 10.1. The van der Waals surface area contributed by atoms with Gasteiger partial charge in [-0.15, -0.1) is 0 Å². The Morgan fingerprint density at radius 1 is 1.05 bits per heavy atom. The highest BCUT2D eigenvalue weighted by Crippen LogP contribution is 2.12. The van der Waals surface area contributed by atoms with E-state index < -0.39 is 0 Å². The average molecular weight is 285 g/mol. The van der Waals surface area contributed by atoms with Crippen LogP contribution in [0.2, 0.25) is 0 Å². The van der Waals surface area contributed by atoms with Gasteiger partial charge < -0.3 is 14.8 Å². The zero-order valence-corrected chi connectivity index (χ0v) is 12.0. The van der Waals surface area contributed by atoms with Gasteiger partial charge in [-0.05, 0) is 29.8 Å². The van der Waals surface area contributed by atoms with Crippen molar-refractivity contribution in [2.45, 2.75) is 6.42 Å². The molecule has 2 aromatic carbocycles. The molecular weight excluding hydrogens is 266 g/mol. The van der Waals surface area contributed by atoms with Crippen LogP contribution in [0.3, 0.4) is 0 Å². The molecule has 0 aliphatic heterocycles. The molecule has 1 N–H and O–H groups in total. The van der Waals surface area contributed by atoms with Crippen LogP contribution in [0, 0.1) is 0 Å². The van der Waals surface area contributed by atoms with E-state index in [1.807, 2.05) is 54.6 Å². The van der Waals surface area contributed by atoms with Crippen LogP contribution in [0.5, 0.6) is 11.5 Å². The zero-order chi connectivity index (χ0) is 14.9. The second kappa shape index (κ2) is 7.94. The Balaban J connectivity index is 1.70. The van der Waals surface area contributed by atoms with Crippen LogP contribution in [-0.2, 0) is 11.2 Å². The molecule has 0 heterocycles. The first-order valence-corrected chi connectivity index (χ1v) is 6.85. The van der Waals surface area contributed by atoms with Gasteiger partial charge in [-0.2, -0.15) is 0 Å². The van der Waals surface area contributed by atoms with E-state index in [9.17, 15) is 4.79 Å². The van der Waals surface area contributed by atoms with Gasteiger partial charge in [0.25, 0.3) is 0 Å². The van der Waals surface area contributed by atoms with Gasteiger partial charge in [-0.1, -0.05) is 30.3 Å². The lowest BCUT2D eigenvalue weighted by Gasteiger charge is -2.08. The molecular formula is C17H19NO3. The van der Waals surface area contributed by atoms with Crippen LogP contribution in [0.1, 0.15) is 5.56 Å². The van der Waals surface area contributed by atoms with Crippen molar-refractivity contribution in [2.24, 2.45) is 0 Å². The minimum atomic E-state index is -0.0279. The van der Waals surface area contributed by atoms with Crippen molar-refractivity contribution >= 4 is 5.91 Å². The third-order valence-electron chi connectivity index (χ3n) is 2.93. The molecule has 0 bridgehead atoms. The summed E-state index contributed by atoms with van der Waals surface area (Å²) in [6.07, 6.45) is 0.336. The van der Waals surface area contributed by atoms with Crippen LogP contribution >= 0.6 is 0 Å². The third-order valence-corrected chi connectivity index (χ3v) is 2.93. The number of methoxy groups -OCH3 is 1. The summed E-state index contributed by atoms with van der Waals surface area (Å²) in [4.78, 5) is 11.8. The number of amides is 1.